The molecule has 3 nitrogen and oxygen atoms in total. The maximum atomic E-state index is 13.5. The van der Waals surface area contributed by atoms with Crippen molar-refractivity contribution in [1.29, 1.82) is 0 Å². The zero-order valence-electron chi connectivity index (χ0n) is 13.9. The molecule has 0 saturated carbocycles. The van der Waals surface area contributed by atoms with Gasteiger partial charge >= 0.3 is 0 Å². The lowest BCUT2D eigenvalue weighted by atomic mass is 9.89. The summed E-state index contributed by atoms with van der Waals surface area (Å²) in [6.45, 7) is 2.03. The fourth-order valence-electron chi connectivity index (χ4n) is 3.18. The van der Waals surface area contributed by atoms with E-state index in [0.717, 1.165) is 18.4 Å². The molecule has 2 N–H and O–H groups in total. The van der Waals surface area contributed by atoms with E-state index in [1.807, 2.05) is 6.92 Å². The van der Waals surface area contributed by atoms with Crippen LogP contribution >= 0.6 is 0 Å². The van der Waals surface area contributed by atoms with Crippen LogP contribution in [0.2, 0.25) is 0 Å². The summed E-state index contributed by atoms with van der Waals surface area (Å²) in [5.74, 6) is -0.503. The number of carbonyl (C=O) groups excluding carboxylic acids is 1. The lowest BCUT2D eigenvalue weighted by Crippen LogP contribution is -2.32. The molecule has 0 saturated heterocycles. The third-order valence-electron chi connectivity index (χ3n) is 4.56. The van der Waals surface area contributed by atoms with E-state index in [-0.39, 0.29) is 24.3 Å². The first-order chi connectivity index (χ1) is 11.6. The van der Waals surface area contributed by atoms with Crippen LogP contribution < -0.4 is 10.6 Å². The molecule has 0 aliphatic heterocycles. The SMILES string of the molecule is CC(NC(=O)CNc1ccccc1F)c1ccc2c(c1)CCCC2. The number of benzene rings is 2. The summed E-state index contributed by atoms with van der Waals surface area (Å²) < 4.78 is 13.5. The van der Waals surface area contributed by atoms with Crippen LogP contribution in [0.15, 0.2) is 42.5 Å². The smallest absolute Gasteiger partial charge is 0.239 e. The Hall–Kier alpha value is -2.36. The molecule has 2 aromatic carbocycles. The van der Waals surface area contributed by atoms with Gasteiger partial charge in [0.2, 0.25) is 5.91 Å². The molecule has 1 aliphatic carbocycles. The van der Waals surface area contributed by atoms with Crippen LogP contribution in [0.25, 0.3) is 0 Å². The van der Waals surface area contributed by atoms with E-state index in [1.54, 1.807) is 18.2 Å². The van der Waals surface area contributed by atoms with Crippen molar-refractivity contribution in [2.24, 2.45) is 0 Å². The van der Waals surface area contributed by atoms with Gasteiger partial charge in [0.1, 0.15) is 5.82 Å². The molecule has 1 aliphatic rings. The van der Waals surface area contributed by atoms with Crippen LogP contribution in [-0.2, 0) is 17.6 Å². The number of hydrogen-bond donors (Lipinski definition) is 2. The molecular weight excluding hydrogens is 303 g/mol. The molecular formula is C20H23FN2O. The predicted molar refractivity (Wildman–Crippen MR) is 94.5 cm³/mol. The molecule has 0 bridgehead atoms. The van der Waals surface area contributed by atoms with Gasteiger partial charge in [-0.2, -0.15) is 0 Å². The largest absolute Gasteiger partial charge is 0.374 e. The number of para-hydroxylation sites is 1. The molecule has 1 amide bonds. The maximum absolute atomic E-state index is 13.5. The third kappa shape index (κ3) is 3.94. The van der Waals surface area contributed by atoms with E-state index in [2.05, 4.69) is 28.8 Å². The van der Waals surface area contributed by atoms with Gasteiger partial charge in [-0.05, 0) is 61.4 Å². The van der Waals surface area contributed by atoms with Gasteiger partial charge in [-0.3, -0.25) is 4.79 Å². The number of anilines is 1. The number of hydrogen-bond acceptors (Lipinski definition) is 2. The molecule has 2 aromatic rings. The summed E-state index contributed by atoms with van der Waals surface area (Å²) >= 11 is 0. The van der Waals surface area contributed by atoms with E-state index in [4.69, 9.17) is 0 Å². The van der Waals surface area contributed by atoms with E-state index in [1.165, 1.54) is 30.0 Å². The highest BCUT2D eigenvalue weighted by Crippen LogP contribution is 2.24. The molecule has 1 atom stereocenters. The normalized spacial score (nSPS) is 14.6. The minimum atomic E-state index is -0.354. The summed E-state index contributed by atoms with van der Waals surface area (Å²) in [4.78, 5) is 12.1. The second kappa shape index (κ2) is 7.47. The van der Waals surface area contributed by atoms with Gasteiger partial charge in [-0.25, -0.2) is 4.39 Å². The Kier molecular flexibility index (Phi) is 5.14. The van der Waals surface area contributed by atoms with Crippen molar-refractivity contribution in [3.8, 4) is 0 Å². The second-order valence-corrected chi connectivity index (χ2v) is 6.36. The third-order valence-corrected chi connectivity index (χ3v) is 4.56. The molecule has 0 aromatic heterocycles. The number of rotatable bonds is 5. The Balaban J connectivity index is 1.57. The maximum Gasteiger partial charge on any atom is 0.239 e. The highest BCUT2D eigenvalue weighted by molar-refractivity contribution is 5.81. The highest BCUT2D eigenvalue weighted by atomic mass is 19.1. The van der Waals surface area contributed by atoms with Gasteiger partial charge in [-0.1, -0.05) is 30.3 Å². The summed E-state index contributed by atoms with van der Waals surface area (Å²) in [6.07, 6.45) is 4.78. The number of amides is 1. The minimum Gasteiger partial charge on any atom is -0.374 e. The van der Waals surface area contributed by atoms with Gasteiger partial charge in [0.15, 0.2) is 0 Å². The van der Waals surface area contributed by atoms with Crippen molar-refractivity contribution < 1.29 is 9.18 Å². The van der Waals surface area contributed by atoms with Gasteiger partial charge in [0.05, 0.1) is 18.3 Å². The predicted octanol–water partition coefficient (Wildman–Crippen LogP) is 3.99. The summed E-state index contributed by atoms with van der Waals surface area (Å²) in [5.41, 5.74) is 4.30. The Morgan fingerprint density at radius 3 is 2.67 bits per heavy atom. The fraction of sp³-hybridized carbons (Fsp3) is 0.350. The number of nitrogens with one attached hydrogen (secondary N) is 2. The summed E-state index contributed by atoms with van der Waals surface area (Å²) in [6, 6.07) is 12.8. The quantitative estimate of drug-likeness (QED) is 0.872. The zero-order chi connectivity index (χ0) is 16.9. The fourth-order valence-corrected chi connectivity index (χ4v) is 3.18. The Bertz CT molecular complexity index is 729. The topological polar surface area (TPSA) is 41.1 Å². The van der Waals surface area contributed by atoms with Crippen LogP contribution in [0.4, 0.5) is 10.1 Å². The molecule has 4 heteroatoms. The van der Waals surface area contributed by atoms with Crippen LogP contribution in [0.1, 0.15) is 42.5 Å². The van der Waals surface area contributed by atoms with Crippen molar-refractivity contribution in [2.75, 3.05) is 11.9 Å². The molecule has 24 heavy (non-hydrogen) atoms. The second-order valence-electron chi connectivity index (χ2n) is 6.36. The number of halogens is 1. The van der Waals surface area contributed by atoms with Crippen LogP contribution in [0.3, 0.4) is 0 Å². The standard InChI is InChI=1S/C20H23FN2O/c1-14(16-11-10-15-6-2-3-7-17(15)12-16)23-20(24)13-22-19-9-5-4-8-18(19)21/h4-5,8-12,14,22H,2-3,6-7,13H2,1H3,(H,23,24). The lowest BCUT2D eigenvalue weighted by Gasteiger charge is -2.20. The van der Waals surface area contributed by atoms with E-state index in [0.29, 0.717) is 5.69 Å². The summed E-state index contributed by atoms with van der Waals surface area (Å²) in [7, 11) is 0. The van der Waals surface area contributed by atoms with E-state index in [9.17, 15) is 9.18 Å². The van der Waals surface area contributed by atoms with E-state index >= 15 is 0 Å². The monoisotopic (exact) mass is 326 g/mol. The first-order valence-corrected chi connectivity index (χ1v) is 8.53. The molecule has 126 valence electrons. The molecule has 0 radical (unpaired) electrons. The average molecular weight is 326 g/mol. The zero-order valence-corrected chi connectivity index (χ0v) is 13.9. The van der Waals surface area contributed by atoms with Gasteiger partial charge < -0.3 is 10.6 Å². The number of carbonyl (C=O) groups is 1. The van der Waals surface area contributed by atoms with Crippen molar-refractivity contribution in [3.05, 3.63) is 65.0 Å². The summed E-state index contributed by atoms with van der Waals surface area (Å²) in [5, 5.41) is 5.80. The molecule has 0 heterocycles. The average Bonchev–Trinajstić information content (AvgIpc) is 2.60. The number of aryl methyl sites for hydroxylation is 2. The Morgan fingerprint density at radius 1 is 1.12 bits per heavy atom. The van der Waals surface area contributed by atoms with Gasteiger partial charge in [0, 0.05) is 0 Å². The van der Waals surface area contributed by atoms with Crippen molar-refractivity contribution in [3.63, 3.8) is 0 Å². The van der Waals surface area contributed by atoms with Crippen LogP contribution in [0.5, 0.6) is 0 Å². The van der Waals surface area contributed by atoms with Crippen LogP contribution in [-0.4, -0.2) is 12.5 Å². The van der Waals surface area contributed by atoms with E-state index < -0.39 is 0 Å². The molecule has 0 fully saturated rings. The Morgan fingerprint density at radius 2 is 1.88 bits per heavy atom. The number of fused-ring (bicyclic) bond motifs is 1. The van der Waals surface area contributed by atoms with Crippen LogP contribution in [0, 0.1) is 5.82 Å². The van der Waals surface area contributed by atoms with Gasteiger partial charge in [-0.15, -0.1) is 0 Å². The van der Waals surface area contributed by atoms with Gasteiger partial charge in [0.25, 0.3) is 0 Å². The minimum absolute atomic E-state index is 0.0518. The first-order valence-electron chi connectivity index (χ1n) is 8.53. The van der Waals surface area contributed by atoms with Crippen molar-refractivity contribution >= 4 is 11.6 Å². The molecule has 3 rings (SSSR count). The molecule has 0 spiro atoms. The molecule has 1 unspecified atom stereocenters. The first kappa shape index (κ1) is 16.5. The lowest BCUT2D eigenvalue weighted by molar-refractivity contribution is -0.120. The van der Waals surface area contributed by atoms with Crippen molar-refractivity contribution in [2.45, 2.75) is 38.6 Å². The highest BCUT2D eigenvalue weighted by Gasteiger charge is 2.14. The Labute approximate surface area is 142 Å². The van der Waals surface area contributed by atoms with Crippen molar-refractivity contribution in [1.82, 2.24) is 5.32 Å².